The van der Waals surface area contributed by atoms with Gasteiger partial charge in [0.15, 0.2) is 5.82 Å². The summed E-state index contributed by atoms with van der Waals surface area (Å²) in [6, 6.07) is 7.75. The van der Waals surface area contributed by atoms with Crippen LogP contribution in [0.1, 0.15) is 15.9 Å². The second-order valence-electron chi connectivity index (χ2n) is 5.48. The van der Waals surface area contributed by atoms with Crippen molar-refractivity contribution in [1.29, 1.82) is 0 Å². The molecule has 3 N–H and O–H groups in total. The lowest BCUT2D eigenvalue weighted by Crippen LogP contribution is -2.29. The van der Waals surface area contributed by atoms with E-state index in [0.717, 1.165) is 11.3 Å². The van der Waals surface area contributed by atoms with Crippen molar-refractivity contribution in [3.8, 4) is 5.75 Å². The Labute approximate surface area is 150 Å². The van der Waals surface area contributed by atoms with Crippen LogP contribution in [0.25, 0.3) is 0 Å². The lowest BCUT2D eigenvalue weighted by Gasteiger charge is -2.10. The zero-order chi connectivity index (χ0) is 18.4. The van der Waals surface area contributed by atoms with Crippen molar-refractivity contribution in [3.63, 3.8) is 0 Å². The molecule has 0 radical (unpaired) electrons. The predicted octanol–water partition coefficient (Wildman–Crippen LogP) is 1.59. The van der Waals surface area contributed by atoms with Crippen LogP contribution >= 0.6 is 0 Å². The third kappa shape index (κ3) is 4.26. The maximum atomic E-state index is 12.1. The molecule has 1 aromatic carbocycles. The number of methoxy groups -OCH3 is 1. The molecule has 0 saturated carbocycles. The van der Waals surface area contributed by atoms with Gasteiger partial charge in [0.1, 0.15) is 17.8 Å². The van der Waals surface area contributed by atoms with Gasteiger partial charge < -0.3 is 10.1 Å². The van der Waals surface area contributed by atoms with Crippen molar-refractivity contribution in [2.24, 2.45) is 7.05 Å². The first-order chi connectivity index (χ1) is 12.7. The fourth-order valence-corrected chi connectivity index (χ4v) is 2.29. The highest BCUT2D eigenvalue weighted by Gasteiger charge is 2.10. The molecule has 26 heavy (non-hydrogen) atoms. The number of aromatic nitrogens is 4. The van der Waals surface area contributed by atoms with E-state index in [9.17, 15) is 4.79 Å². The van der Waals surface area contributed by atoms with Gasteiger partial charge >= 0.3 is 0 Å². The highest BCUT2D eigenvalue weighted by atomic mass is 16.5. The van der Waals surface area contributed by atoms with E-state index in [-0.39, 0.29) is 5.91 Å². The number of rotatable bonds is 7. The van der Waals surface area contributed by atoms with Gasteiger partial charge in [0.2, 0.25) is 0 Å². The number of benzene rings is 1. The predicted molar refractivity (Wildman–Crippen MR) is 96.6 cm³/mol. The molecule has 0 aliphatic heterocycles. The van der Waals surface area contributed by atoms with E-state index in [1.807, 2.05) is 24.3 Å². The summed E-state index contributed by atoms with van der Waals surface area (Å²) >= 11 is 0. The Morgan fingerprint density at radius 3 is 2.85 bits per heavy atom. The fraction of sp³-hybridized carbons (Fsp3) is 0.176. The monoisotopic (exact) mass is 353 g/mol. The molecule has 0 unspecified atom stereocenters. The van der Waals surface area contributed by atoms with Gasteiger partial charge in [-0.1, -0.05) is 12.1 Å². The van der Waals surface area contributed by atoms with E-state index >= 15 is 0 Å². The number of nitrogens with zero attached hydrogens (tertiary/aromatic N) is 4. The van der Waals surface area contributed by atoms with Gasteiger partial charge in [-0.15, -0.1) is 0 Å². The summed E-state index contributed by atoms with van der Waals surface area (Å²) in [5.41, 5.74) is 7.51. The first-order valence-corrected chi connectivity index (χ1v) is 7.87. The van der Waals surface area contributed by atoms with Gasteiger partial charge in [-0.2, -0.15) is 5.10 Å². The summed E-state index contributed by atoms with van der Waals surface area (Å²) in [6.45, 7) is 0.559. The van der Waals surface area contributed by atoms with Gasteiger partial charge in [-0.25, -0.2) is 9.97 Å². The number of hydrogen-bond donors (Lipinski definition) is 3. The van der Waals surface area contributed by atoms with Gasteiger partial charge in [0.05, 0.1) is 18.9 Å². The minimum absolute atomic E-state index is 0.340. The van der Waals surface area contributed by atoms with Crippen LogP contribution in [0, 0.1) is 0 Å². The zero-order valence-corrected chi connectivity index (χ0v) is 14.4. The fourth-order valence-electron chi connectivity index (χ4n) is 2.29. The molecule has 0 aliphatic rings. The Morgan fingerprint density at radius 1 is 1.27 bits per heavy atom. The lowest BCUT2D eigenvalue weighted by atomic mass is 10.2. The Bertz CT molecular complexity index is 880. The van der Waals surface area contributed by atoms with Gasteiger partial charge in [0.25, 0.3) is 5.91 Å². The number of aryl methyl sites for hydroxylation is 1. The molecule has 3 aromatic rings. The van der Waals surface area contributed by atoms with E-state index in [2.05, 4.69) is 31.2 Å². The Kier molecular flexibility index (Phi) is 5.28. The van der Waals surface area contributed by atoms with E-state index in [1.165, 1.54) is 18.7 Å². The van der Waals surface area contributed by atoms with E-state index < -0.39 is 0 Å². The Morgan fingerprint density at radius 2 is 2.08 bits per heavy atom. The maximum Gasteiger partial charge on any atom is 0.272 e. The molecular formula is C17H19N7O2. The lowest BCUT2D eigenvalue weighted by molar-refractivity contribution is 0.0962. The number of amides is 1. The standard InChI is InChI=1S/C17H19N7O2/c1-24-10-15(21-22-17(25)13-8-18-11-19-9-13)16(23-24)20-7-12-4-3-5-14(6-12)26-2/h3-6,8-11,21H,7H2,1-2H3,(H,20,23)(H,22,25). The summed E-state index contributed by atoms with van der Waals surface area (Å²) in [4.78, 5) is 19.7. The smallest absolute Gasteiger partial charge is 0.272 e. The van der Waals surface area contributed by atoms with Crippen LogP contribution in [0.4, 0.5) is 11.5 Å². The molecule has 9 heteroatoms. The number of hydrogen-bond acceptors (Lipinski definition) is 7. The number of nitrogens with one attached hydrogen (secondary N) is 3. The van der Waals surface area contributed by atoms with Crippen LogP contribution in [0.2, 0.25) is 0 Å². The second-order valence-corrected chi connectivity index (χ2v) is 5.48. The summed E-state index contributed by atoms with van der Waals surface area (Å²) < 4.78 is 6.87. The van der Waals surface area contributed by atoms with Crippen molar-refractivity contribution in [2.45, 2.75) is 6.54 Å². The van der Waals surface area contributed by atoms with E-state index in [1.54, 1.807) is 25.0 Å². The number of carbonyl (C=O) groups is 1. The molecule has 9 nitrogen and oxygen atoms in total. The first kappa shape index (κ1) is 17.2. The molecule has 2 heterocycles. The van der Waals surface area contributed by atoms with Crippen molar-refractivity contribution in [3.05, 3.63) is 60.3 Å². The second kappa shape index (κ2) is 7.97. The van der Waals surface area contributed by atoms with Crippen molar-refractivity contribution < 1.29 is 9.53 Å². The molecule has 0 fully saturated rings. The molecule has 3 rings (SSSR count). The average molecular weight is 353 g/mol. The van der Waals surface area contributed by atoms with Crippen LogP contribution in [-0.4, -0.2) is 32.8 Å². The highest BCUT2D eigenvalue weighted by Crippen LogP contribution is 2.20. The zero-order valence-electron chi connectivity index (χ0n) is 14.4. The van der Waals surface area contributed by atoms with Gasteiger partial charge in [-0.05, 0) is 17.7 Å². The molecular weight excluding hydrogens is 334 g/mol. The highest BCUT2D eigenvalue weighted by molar-refractivity contribution is 5.94. The summed E-state index contributed by atoms with van der Waals surface area (Å²) in [6.07, 6.45) is 6.01. The number of anilines is 2. The van der Waals surface area contributed by atoms with Gasteiger partial charge in [-0.3, -0.25) is 20.3 Å². The molecule has 134 valence electrons. The van der Waals surface area contributed by atoms with Crippen LogP contribution in [0.15, 0.2) is 49.2 Å². The molecule has 0 aliphatic carbocycles. The van der Waals surface area contributed by atoms with Crippen LogP contribution in [-0.2, 0) is 13.6 Å². The number of hydrazine groups is 1. The Hall–Kier alpha value is -3.62. The number of carbonyl (C=O) groups excluding carboxylic acids is 1. The normalized spacial score (nSPS) is 10.2. The molecule has 0 saturated heterocycles. The molecule has 1 amide bonds. The quantitative estimate of drug-likeness (QED) is 0.554. The minimum Gasteiger partial charge on any atom is -0.497 e. The maximum absolute atomic E-state index is 12.1. The Balaban J connectivity index is 1.63. The van der Waals surface area contributed by atoms with Crippen molar-refractivity contribution in [2.75, 3.05) is 17.9 Å². The van der Waals surface area contributed by atoms with Crippen LogP contribution in [0.5, 0.6) is 5.75 Å². The summed E-state index contributed by atoms with van der Waals surface area (Å²) in [5.74, 6) is 1.06. The molecule has 0 bridgehead atoms. The number of ether oxygens (including phenoxy) is 1. The topological polar surface area (TPSA) is 106 Å². The largest absolute Gasteiger partial charge is 0.497 e. The van der Waals surface area contributed by atoms with E-state index in [0.29, 0.717) is 23.6 Å². The van der Waals surface area contributed by atoms with E-state index in [4.69, 9.17) is 4.74 Å². The molecule has 0 atom stereocenters. The third-order valence-electron chi connectivity index (χ3n) is 3.56. The third-order valence-corrected chi connectivity index (χ3v) is 3.56. The summed E-state index contributed by atoms with van der Waals surface area (Å²) in [5, 5.41) is 7.59. The van der Waals surface area contributed by atoms with Crippen molar-refractivity contribution in [1.82, 2.24) is 25.2 Å². The summed E-state index contributed by atoms with van der Waals surface area (Å²) in [7, 11) is 3.43. The van der Waals surface area contributed by atoms with Gasteiger partial charge in [0, 0.05) is 26.0 Å². The average Bonchev–Trinajstić information content (AvgIpc) is 3.05. The molecule has 0 spiro atoms. The van der Waals surface area contributed by atoms with Crippen molar-refractivity contribution >= 4 is 17.4 Å². The van der Waals surface area contributed by atoms with Crippen LogP contribution in [0.3, 0.4) is 0 Å². The SMILES string of the molecule is COc1cccc(CNc2nn(C)cc2NNC(=O)c2cncnc2)c1. The minimum atomic E-state index is -0.340. The first-order valence-electron chi connectivity index (χ1n) is 7.87. The van der Waals surface area contributed by atoms with Crippen LogP contribution < -0.4 is 20.9 Å². The molecule has 2 aromatic heterocycles.